The monoisotopic (exact) mass is 352 g/mol. The fraction of sp³-hybridized carbons (Fsp3) is 0.500. The van der Waals surface area contributed by atoms with Gasteiger partial charge in [-0.05, 0) is 31.3 Å². The van der Waals surface area contributed by atoms with E-state index in [4.69, 9.17) is 0 Å². The number of amides is 1. The van der Waals surface area contributed by atoms with Crippen LogP contribution in [0.2, 0.25) is 0 Å². The summed E-state index contributed by atoms with van der Waals surface area (Å²) < 4.78 is 39.9. The number of hydrogen-bond acceptors (Lipinski definition) is 4. The first-order valence-electron chi connectivity index (χ1n) is 6.88. The molecule has 0 aromatic heterocycles. The van der Waals surface area contributed by atoms with Crippen molar-refractivity contribution in [3.8, 4) is 5.75 Å². The Morgan fingerprint density at radius 1 is 1.17 bits per heavy atom. The number of halogens is 4. The van der Waals surface area contributed by atoms with Gasteiger partial charge in [-0.3, -0.25) is 9.69 Å². The van der Waals surface area contributed by atoms with E-state index >= 15 is 0 Å². The number of anilines is 1. The first kappa shape index (κ1) is 19.5. The number of rotatable bonds is 4. The molecule has 0 unspecified atom stereocenters. The molecule has 9 heteroatoms. The maximum Gasteiger partial charge on any atom is 0.573 e. The van der Waals surface area contributed by atoms with Crippen LogP contribution in [0, 0.1) is 0 Å². The Bertz CT molecular complexity index is 503. The number of carbonyl (C=O) groups excluding carboxylic acids is 1. The summed E-state index contributed by atoms with van der Waals surface area (Å²) in [5, 5.41) is 2.66. The predicted molar refractivity (Wildman–Crippen MR) is 75.7 cm³/mol. The third-order valence-electron chi connectivity index (χ3n) is 3.33. The van der Waals surface area contributed by atoms with Crippen LogP contribution >= 0.6 is 0 Å². The van der Waals surface area contributed by atoms with Gasteiger partial charge in [0.05, 0.1) is 6.54 Å². The number of piperazine rings is 1. The van der Waals surface area contributed by atoms with Crippen molar-refractivity contribution in [1.82, 2.24) is 9.80 Å². The fourth-order valence-corrected chi connectivity index (χ4v) is 2.15. The summed E-state index contributed by atoms with van der Waals surface area (Å²) in [4.78, 5) is 16.1. The standard InChI is InChI=1S/C14H18F3N3O2.ClH/c1-19-6-8-20(9-7-19)10-13(21)18-11-2-4-12(5-3-11)22-14(15,16)17;/h2-5H,6-10H2,1H3,(H,18,21);1H/p-1. The highest BCUT2D eigenvalue weighted by Crippen LogP contribution is 2.23. The van der Waals surface area contributed by atoms with Crippen LogP contribution in [0.4, 0.5) is 18.9 Å². The SMILES string of the molecule is CN1CCN(CC(=O)Nc2ccc(OC(F)(F)F)cc2)CC1.[Cl-]. The lowest BCUT2D eigenvalue weighted by atomic mass is 10.3. The lowest BCUT2D eigenvalue weighted by molar-refractivity contribution is -0.274. The fourth-order valence-electron chi connectivity index (χ4n) is 2.15. The van der Waals surface area contributed by atoms with Crippen molar-refractivity contribution in [2.75, 3.05) is 45.1 Å². The zero-order chi connectivity index (χ0) is 16.2. The molecule has 1 N–H and O–H groups in total. The van der Waals surface area contributed by atoms with Gasteiger partial charge in [0, 0.05) is 31.9 Å². The summed E-state index contributed by atoms with van der Waals surface area (Å²) >= 11 is 0. The lowest BCUT2D eigenvalue weighted by Gasteiger charge is -2.31. The van der Waals surface area contributed by atoms with Crippen LogP contribution in [0.1, 0.15) is 0 Å². The van der Waals surface area contributed by atoms with E-state index < -0.39 is 6.36 Å². The minimum atomic E-state index is -4.72. The topological polar surface area (TPSA) is 44.8 Å². The van der Waals surface area contributed by atoms with Crippen molar-refractivity contribution in [2.45, 2.75) is 6.36 Å². The first-order valence-corrected chi connectivity index (χ1v) is 6.88. The molecule has 1 heterocycles. The molecule has 0 spiro atoms. The largest absolute Gasteiger partial charge is 1.00 e. The molecule has 1 fully saturated rings. The summed E-state index contributed by atoms with van der Waals surface area (Å²) in [6.45, 7) is 3.74. The molecule has 23 heavy (non-hydrogen) atoms. The highest BCUT2D eigenvalue weighted by molar-refractivity contribution is 5.92. The summed E-state index contributed by atoms with van der Waals surface area (Å²) in [6, 6.07) is 5.09. The first-order chi connectivity index (χ1) is 10.3. The van der Waals surface area contributed by atoms with E-state index in [1.54, 1.807) is 0 Å². The molecule has 0 saturated carbocycles. The molecule has 1 aliphatic rings. The third-order valence-corrected chi connectivity index (χ3v) is 3.33. The maximum atomic E-state index is 12.0. The normalized spacial score (nSPS) is 16.5. The van der Waals surface area contributed by atoms with Crippen LogP contribution in [0.3, 0.4) is 0 Å². The average molecular weight is 353 g/mol. The summed E-state index contributed by atoms with van der Waals surface area (Å²) in [7, 11) is 2.03. The van der Waals surface area contributed by atoms with Gasteiger partial charge in [0.1, 0.15) is 5.75 Å². The number of alkyl halides is 3. The van der Waals surface area contributed by atoms with Crippen molar-refractivity contribution in [3.05, 3.63) is 24.3 Å². The second-order valence-electron chi connectivity index (χ2n) is 5.20. The number of hydrogen-bond donors (Lipinski definition) is 1. The van der Waals surface area contributed by atoms with E-state index in [0.29, 0.717) is 5.69 Å². The number of ether oxygens (including phenoxy) is 1. The van der Waals surface area contributed by atoms with Crippen molar-refractivity contribution < 1.29 is 35.1 Å². The van der Waals surface area contributed by atoms with Gasteiger partial charge in [0.25, 0.3) is 0 Å². The molecule has 0 radical (unpaired) electrons. The van der Waals surface area contributed by atoms with E-state index in [9.17, 15) is 18.0 Å². The molecule has 0 aliphatic carbocycles. The Morgan fingerprint density at radius 3 is 2.26 bits per heavy atom. The zero-order valence-electron chi connectivity index (χ0n) is 12.6. The van der Waals surface area contributed by atoms with Gasteiger partial charge in [0.15, 0.2) is 0 Å². The Balaban J connectivity index is 0.00000264. The Morgan fingerprint density at radius 2 is 1.74 bits per heavy atom. The number of nitrogens with one attached hydrogen (secondary N) is 1. The Labute approximate surface area is 138 Å². The van der Waals surface area contributed by atoms with Crippen LogP contribution in [0.25, 0.3) is 0 Å². The minimum absolute atomic E-state index is 0. The van der Waals surface area contributed by atoms with Gasteiger partial charge < -0.3 is 27.4 Å². The van der Waals surface area contributed by atoms with Crippen molar-refractivity contribution >= 4 is 11.6 Å². The summed E-state index contributed by atoms with van der Waals surface area (Å²) in [5.41, 5.74) is 0.439. The summed E-state index contributed by atoms with van der Waals surface area (Å²) in [6.07, 6.45) is -4.72. The van der Waals surface area contributed by atoms with Crippen molar-refractivity contribution in [3.63, 3.8) is 0 Å². The highest BCUT2D eigenvalue weighted by atomic mass is 35.5. The van der Waals surface area contributed by atoms with E-state index in [1.165, 1.54) is 24.3 Å². The van der Waals surface area contributed by atoms with Crippen LogP contribution in [-0.2, 0) is 4.79 Å². The number of benzene rings is 1. The molecule has 5 nitrogen and oxygen atoms in total. The number of likely N-dealkylation sites (N-methyl/N-ethyl adjacent to an activating group) is 1. The van der Waals surface area contributed by atoms with E-state index in [2.05, 4.69) is 15.0 Å². The predicted octanol–water partition coefficient (Wildman–Crippen LogP) is -1.22. The molecular formula is C14H18ClF3N3O2-. The van der Waals surface area contributed by atoms with Crippen LogP contribution in [0.5, 0.6) is 5.75 Å². The molecular weight excluding hydrogens is 335 g/mol. The van der Waals surface area contributed by atoms with E-state index in [1.807, 2.05) is 11.9 Å². The van der Waals surface area contributed by atoms with Gasteiger partial charge in [-0.15, -0.1) is 13.2 Å². The molecule has 2 rings (SSSR count). The molecule has 1 amide bonds. The lowest BCUT2D eigenvalue weighted by Crippen LogP contribution is -3.00. The molecule has 130 valence electrons. The maximum absolute atomic E-state index is 12.0. The van der Waals surface area contributed by atoms with Crippen LogP contribution < -0.4 is 22.5 Å². The highest BCUT2D eigenvalue weighted by Gasteiger charge is 2.30. The van der Waals surface area contributed by atoms with E-state index in [0.717, 1.165) is 26.2 Å². The third kappa shape index (κ3) is 7.06. The molecule has 0 bridgehead atoms. The number of nitrogens with zero attached hydrogens (tertiary/aromatic N) is 2. The minimum Gasteiger partial charge on any atom is -1.00 e. The van der Waals surface area contributed by atoms with Gasteiger partial charge in [0.2, 0.25) is 5.91 Å². The molecule has 1 aromatic rings. The van der Waals surface area contributed by atoms with Crippen LogP contribution in [0.15, 0.2) is 24.3 Å². The summed E-state index contributed by atoms with van der Waals surface area (Å²) in [5.74, 6) is -0.501. The quantitative estimate of drug-likeness (QED) is 0.737. The van der Waals surface area contributed by atoms with Gasteiger partial charge in [-0.2, -0.15) is 0 Å². The second kappa shape index (κ2) is 8.37. The molecule has 1 saturated heterocycles. The Kier molecular flexibility index (Phi) is 7.11. The second-order valence-corrected chi connectivity index (χ2v) is 5.20. The molecule has 1 aromatic carbocycles. The van der Waals surface area contributed by atoms with Gasteiger partial charge >= 0.3 is 6.36 Å². The molecule has 1 aliphatic heterocycles. The molecule has 0 atom stereocenters. The smallest absolute Gasteiger partial charge is 0.573 e. The number of carbonyl (C=O) groups is 1. The zero-order valence-corrected chi connectivity index (χ0v) is 13.3. The van der Waals surface area contributed by atoms with Crippen molar-refractivity contribution in [2.24, 2.45) is 0 Å². The van der Waals surface area contributed by atoms with Gasteiger partial charge in [-0.25, -0.2) is 0 Å². The van der Waals surface area contributed by atoms with E-state index in [-0.39, 0.29) is 30.6 Å². The average Bonchev–Trinajstić information content (AvgIpc) is 2.42. The van der Waals surface area contributed by atoms with Crippen LogP contribution in [-0.4, -0.2) is 61.8 Å². The Hall–Kier alpha value is -1.51. The van der Waals surface area contributed by atoms with Crippen molar-refractivity contribution in [1.29, 1.82) is 0 Å². The van der Waals surface area contributed by atoms with Gasteiger partial charge in [-0.1, -0.05) is 0 Å².